The molecule has 0 aliphatic carbocycles. The largest absolute Gasteiger partial charge is 0.480 e. The third-order valence-electron chi connectivity index (χ3n) is 4.77. The summed E-state index contributed by atoms with van der Waals surface area (Å²) in [5, 5.41) is 17.5. The molecule has 2 aromatic rings. The molecule has 1 saturated heterocycles. The molecule has 0 spiro atoms. The van der Waals surface area contributed by atoms with Crippen LogP contribution in [0.25, 0.3) is 5.69 Å². The van der Waals surface area contributed by atoms with Crippen LogP contribution >= 0.6 is 12.4 Å². The van der Waals surface area contributed by atoms with Crippen molar-refractivity contribution in [3.8, 4) is 5.69 Å². The Morgan fingerprint density at radius 3 is 2.58 bits per heavy atom. The van der Waals surface area contributed by atoms with Crippen molar-refractivity contribution in [2.24, 2.45) is 0 Å². The van der Waals surface area contributed by atoms with Crippen molar-refractivity contribution in [2.45, 2.75) is 32.4 Å². The van der Waals surface area contributed by atoms with E-state index in [1.807, 2.05) is 43.5 Å². The van der Waals surface area contributed by atoms with E-state index in [0.717, 1.165) is 50.4 Å². The Morgan fingerprint density at radius 1 is 1.27 bits per heavy atom. The summed E-state index contributed by atoms with van der Waals surface area (Å²) in [6.45, 7) is 5.63. The van der Waals surface area contributed by atoms with Crippen molar-refractivity contribution in [1.29, 1.82) is 0 Å². The molecule has 2 heterocycles. The number of hydrogen-bond donors (Lipinski definition) is 1. The molecule has 0 bridgehead atoms. The molecule has 142 valence electrons. The van der Waals surface area contributed by atoms with Gasteiger partial charge in [0.2, 0.25) is 0 Å². The van der Waals surface area contributed by atoms with Crippen LogP contribution in [0.4, 0.5) is 0 Å². The standard InChI is InChI=1S/C18H25N5O2.ClH/c1-2-22(14-18(24)25)16-8-10-21(11-9-16)12-15-13-23(20-19-15)17-6-4-3-5-7-17;/h3-7,13,16H,2,8-12,14H2,1H3,(H,24,25);1H. The molecular weight excluding hydrogens is 354 g/mol. The fourth-order valence-electron chi connectivity index (χ4n) is 3.42. The van der Waals surface area contributed by atoms with Crippen LogP contribution in [0, 0.1) is 0 Å². The highest BCUT2D eigenvalue weighted by Gasteiger charge is 2.25. The van der Waals surface area contributed by atoms with Gasteiger partial charge in [-0.15, -0.1) is 17.5 Å². The maximum atomic E-state index is 11.0. The SMILES string of the molecule is CCN(CC(=O)O)C1CCN(Cc2cn(-c3ccccc3)nn2)CC1.Cl. The first-order valence-electron chi connectivity index (χ1n) is 8.80. The van der Waals surface area contributed by atoms with E-state index in [4.69, 9.17) is 5.11 Å². The summed E-state index contributed by atoms with van der Waals surface area (Å²) in [6, 6.07) is 10.3. The summed E-state index contributed by atoms with van der Waals surface area (Å²) in [6.07, 6.45) is 3.96. The summed E-state index contributed by atoms with van der Waals surface area (Å²) in [4.78, 5) is 15.4. The lowest BCUT2D eigenvalue weighted by Crippen LogP contribution is -2.46. The Labute approximate surface area is 160 Å². The summed E-state index contributed by atoms with van der Waals surface area (Å²) in [7, 11) is 0. The van der Waals surface area contributed by atoms with Crippen LogP contribution in [-0.2, 0) is 11.3 Å². The number of aliphatic carboxylic acids is 1. The van der Waals surface area contributed by atoms with Crippen molar-refractivity contribution < 1.29 is 9.90 Å². The predicted octanol–water partition coefficient (Wildman–Crippen LogP) is 2.06. The minimum atomic E-state index is -0.748. The summed E-state index contributed by atoms with van der Waals surface area (Å²) in [5.41, 5.74) is 1.97. The number of rotatable bonds is 7. The van der Waals surface area contributed by atoms with Gasteiger partial charge in [0.05, 0.1) is 24.1 Å². The van der Waals surface area contributed by atoms with Crippen LogP contribution in [0.2, 0.25) is 0 Å². The molecule has 7 nitrogen and oxygen atoms in total. The number of carboxylic acid groups (broad SMARTS) is 1. The van der Waals surface area contributed by atoms with E-state index >= 15 is 0 Å². The van der Waals surface area contributed by atoms with Crippen molar-refractivity contribution in [3.63, 3.8) is 0 Å². The number of likely N-dealkylation sites (tertiary alicyclic amines) is 1. The Bertz CT molecular complexity index is 686. The summed E-state index contributed by atoms with van der Waals surface area (Å²) < 4.78 is 1.80. The van der Waals surface area contributed by atoms with Crippen LogP contribution in [-0.4, -0.2) is 68.1 Å². The zero-order chi connectivity index (χ0) is 17.6. The Kier molecular flexibility index (Phi) is 7.56. The van der Waals surface area contributed by atoms with E-state index in [1.54, 1.807) is 4.68 Å². The predicted molar refractivity (Wildman–Crippen MR) is 102 cm³/mol. The lowest BCUT2D eigenvalue weighted by molar-refractivity contribution is -0.139. The normalized spacial score (nSPS) is 15.8. The quantitative estimate of drug-likeness (QED) is 0.793. The first kappa shape index (κ1) is 20.4. The highest BCUT2D eigenvalue weighted by Crippen LogP contribution is 2.18. The number of halogens is 1. The molecule has 26 heavy (non-hydrogen) atoms. The number of piperidine rings is 1. The van der Waals surface area contributed by atoms with Gasteiger partial charge in [-0.1, -0.05) is 30.3 Å². The van der Waals surface area contributed by atoms with Crippen molar-refractivity contribution in [1.82, 2.24) is 24.8 Å². The molecular formula is C18H26ClN5O2. The molecule has 8 heteroatoms. The molecule has 1 aliphatic rings. The van der Waals surface area contributed by atoms with Gasteiger partial charge in [-0.05, 0) is 31.5 Å². The number of hydrogen-bond acceptors (Lipinski definition) is 5. The third kappa shape index (κ3) is 5.27. The minimum absolute atomic E-state index is 0. The van der Waals surface area contributed by atoms with E-state index in [-0.39, 0.29) is 19.0 Å². The number of likely N-dealkylation sites (N-methyl/N-ethyl adjacent to an activating group) is 1. The van der Waals surface area contributed by atoms with Gasteiger partial charge in [0.25, 0.3) is 0 Å². The van der Waals surface area contributed by atoms with Gasteiger partial charge in [0.15, 0.2) is 0 Å². The first-order valence-corrected chi connectivity index (χ1v) is 8.80. The van der Waals surface area contributed by atoms with Gasteiger partial charge in [-0.2, -0.15) is 0 Å². The van der Waals surface area contributed by atoms with E-state index in [9.17, 15) is 4.79 Å². The van der Waals surface area contributed by atoms with E-state index in [1.165, 1.54) is 0 Å². The van der Waals surface area contributed by atoms with E-state index in [2.05, 4.69) is 20.1 Å². The van der Waals surface area contributed by atoms with Crippen molar-refractivity contribution in [2.75, 3.05) is 26.2 Å². The number of carbonyl (C=O) groups is 1. The molecule has 1 aromatic carbocycles. The van der Waals surface area contributed by atoms with Crippen LogP contribution < -0.4 is 0 Å². The molecule has 1 fully saturated rings. The van der Waals surface area contributed by atoms with Gasteiger partial charge in [-0.25, -0.2) is 4.68 Å². The second-order valence-electron chi connectivity index (χ2n) is 6.45. The maximum absolute atomic E-state index is 11.0. The van der Waals surface area contributed by atoms with E-state index in [0.29, 0.717) is 6.04 Å². The Morgan fingerprint density at radius 2 is 1.96 bits per heavy atom. The molecule has 0 amide bonds. The average Bonchev–Trinajstić information content (AvgIpc) is 3.09. The second kappa shape index (κ2) is 9.66. The lowest BCUT2D eigenvalue weighted by atomic mass is 10.0. The number of nitrogens with zero attached hydrogens (tertiary/aromatic N) is 5. The number of para-hydroxylation sites is 1. The van der Waals surface area contributed by atoms with Crippen molar-refractivity contribution >= 4 is 18.4 Å². The average molecular weight is 380 g/mol. The molecule has 1 aromatic heterocycles. The topological polar surface area (TPSA) is 74.5 Å². The number of carboxylic acids is 1. The fourth-order valence-corrected chi connectivity index (χ4v) is 3.42. The smallest absolute Gasteiger partial charge is 0.317 e. The lowest BCUT2D eigenvalue weighted by Gasteiger charge is -2.37. The first-order chi connectivity index (χ1) is 12.2. The van der Waals surface area contributed by atoms with E-state index < -0.39 is 5.97 Å². The highest BCUT2D eigenvalue weighted by molar-refractivity contribution is 5.85. The number of benzene rings is 1. The van der Waals surface area contributed by atoms with Gasteiger partial charge in [0.1, 0.15) is 0 Å². The summed E-state index contributed by atoms with van der Waals surface area (Å²) in [5.74, 6) is -0.748. The molecule has 1 N–H and O–H groups in total. The van der Waals surface area contributed by atoms with Crippen LogP contribution in [0.15, 0.2) is 36.5 Å². The Hall–Kier alpha value is -1.96. The molecule has 0 saturated carbocycles. The van der Waals surface area contributed by atoms with Gasteiger partial charge in [0, 0.05) is 25.7 Å². The number of aromatic nitrogens is 3. The molecule has 0 radical (unpaired) electrons. The van der Waals surface area contributed by atoms with Gasteiger partial charge >= 0.3 is 5.97 Å². The third-order valence-corrected chi connectivity index (χ3v) is 4.77. The maximum Gasteiger partial charge on any atom is 0.317 e. The Balaban J connectivity index is 0.00000243. The molecule has 1 aliphatic heterocycles. The van der Waals surface area contributed by atoms with Crippen LogP contribution in [0.5, 0.6) is 0 Å². The van der Waals surface area contributed by atoms with Gasteiger partial charge in [-0.3, -0.25) is 14.6 Å². The van der Waals surface area contributed by atoms with Crippen molar-refractivity contribution in [3.05, 3.63) is 42.2 Å². The highest BCUT2D eigenvalue weighted by atomic mass is 35.5. The monoisotopic (exact) mass is 379 g/mol. The minimum Gasteiger partial charge on any atom is -0.480 e. The molecule has 0 unspecified atom stereocenters. The fraction of sp³-hybridized carbons (Fsp3) is 0.500. The van der Waals surface area contributed by atoms with Crippen LogP contribution in [0.1, 0.15) is 25.5 Å². The molecule has 3 rings (SSSR count). The van der Waals surface area contributed by atoms with Gasteiger partial charge < -0.3 is 5.11 Å². The summed E-state index contributed by atoms with van der Waals surface area (Å²) >= 11 is 0. The zero-order valence-electron chi connectivity index (χ0n) is 15.0. The zero-order valence-corrected chi connectivity index (χ0v) is 15.8. The second-order valence-corrected chi connectivity index (χ2v) is 6.45. The molecule has 0 atom stereocenters. The van der Waals surface area contributed by atoms with Crippen LogP contribution in [0.3, 0.4) is 0 Å².